The summed E-state index contributed by atoms with van der Waals surface area (Å²) >= 11 is 5.75. The molecule has 0 radical (unpaired) electrons. The van der Waals surface area contributed by atoms with E-state index in [2.05, 4.69) is 55.7 Å². The van der Waals surface area contributed by atoms with E-state index in [4.69, 9.17) is 21.7 Å². The molecule has 2 aromatic carbocycles. The van der Waals surface area contributed by atoms with E-state index in [1.165, 1.54) is 38.2 Å². The Balaban J connectivity index is 0.000000260. The number of hydrogen-bond acceptors (Lipinski definition) is 6. The summed E-state index contributed by atoms with van der Waals surface area (Å²) in [4.78, 5) is 38.2. The molecule has 0 aromatic heterocycles. The Morgan fingerprint density at radius 3 is 1.44 bits per heavy atom. The number of carbonyl (C=O) groups excluding carboxylic acids is 3. The summed E-state index contributed by atoms with van der Waals surface area (Å²) in [6.07, 6.45) is 13.9. The first-order valence-corrected chi connectivity index (χ1v) is 18.3. The van der Waals surface area contributed by atoms with E-state index in [0.29, 0.717) is 12.8 Å². The van der Waals surface area contributed by atoms with E-state index in [1.54, 1.807) is 0 Å². The summed E-state index contributed by atoms with van der Waals surface area (Å²) in [6, 6.07) is 15.2. The first-order valence-electron chi connectivity index (χ1n) is 17.9. The Kier molecular flexibility index (Phi) is 15.6. The average Bonchev–Trinajstić information content (AvgIpc) is 3.77. The lowest BCUT2D eigenvalue weighted by Gasteiger charge is -2.32. The van der Waals surface area contributed by atoms with E-state index in [-0.39, 0.29) is 28.7 Å². The Hall–Kier alpha value is -3.26. The Morgan fingerprint density at radius 2 is 1.04 bits per heavy atom. The number of aryl methyl sites for hydroxylation is 2. The highest BCUT2D eigenvalue weighted by atomic mass is 32.1. The van der Waals surface area contributed by atoms with E-state index in [1.807, 2.05) is 31.2 Å². The molecule has 264 valence electrons. The molecule has 8 heteroatoms. The molecule has 2 aliphatic carbocycles. The standard InChI is InChI=1S/C20H29NO3.C20H29NO2S/c1-4-11-20(12-5-6-13-20)19(23)21-17(18(22)24-3)14-16-9-7-15(2)8-10-16;1-4-11-20(12-5-6-13-20)19(24)21-17(18(22)23-3)14-16-9-7-15(2)8-10-16/h7-10,17H,4-6,11-14H2,1-3H3,(H,21,23);7-10,17H,4-6,11-14H2,1-3H3,(H,21,24). The fourth-order valence-electron chi connectivity index (χ4n) is 7.46. The molecule has 0 bridgehead atoms. The van der Waals surface area contributed by atoms with Gasteiger partial charge in [-0.3, -0.25) is 4.79 Å². The molecular formula is C40H58N2O5S. The van der Waals surface area contributed by atoms with Gasteiger partial charge in [0, 0.05) is 23.7 Å². The number of hydrogen-bond donors (Lipinski definition) is 2. The number of carbonyl (C=O) groups is 3. The van der Waals surface area contributed by atoms with Gasteiger partial charge in [0.25, 0.3) is 0 Å². The smallest absolute Gasteiger partial charge is 0.328 e. The van der Waals surface area contributed by atoms with Gasteiger partial charge in [0.1, 0.15) is 12.1 Å². The van der Waals surface area contributed by atoms with Crippen LogP contribution in [0.25, 0.3) is 0 Å². The molecular weight excluding hydrogens is 621 g/mol. The van der Waals surface area contributed by atoms with Crippen molar-refractivity contribution >= 4 is 35.1 Å². The van der Waals surface area contributed by atoms with Crippen LogP contribution in [-0.4, -0.2) is 49.1 Å². The number of rotatable bonds is 14. The zero-order chi connectivity index (χ0) is 35.2. The summed E-state index contributed by atoms with van der Waals surface area (Å²) in [5.74, 6) is -0.611. The molecule has 0 aliphatic heterocycles. The van der Waals surface area contributed by atoms with Crippen LogP contribution in [0.3, 0.4) is 0 Å². The van der Waals surface area contributed by atoms with Gasteiger partial charge in [0.2, 0.25) is 5.91 Å². The topological polar surface area (TPSA) is 93.7 Å². The van der Waals surface area contributed by atoms with Gasteiger partial charge >= 0.3 is 11.9 Å². The third kappa shape index (κ3) is 10.9. The molecule has 2 atom stereocenters. The molecule has 7 nitrogen and oxygen atoms in total. The first kappa shape index (κ1) is 39.2. The van der Waals surface area contributed by atoms with Crippen molar-refractivity contribution in [2.75, 3.05) is 14.2 Å². The van der Waals surface area contributed by atoms with E-state index < -0.39 is 12.1 Å². The fraction of sp³-hybridized carbons (Fsp3) is 0.600. The predicted molar refractivity (Wildman–Crippen MR) is 197 cm³/mol. The van der Waals surface area contributed by atoms with Crippen molar-refractivity contribution < 1.29 is 23.9 Å². The maximum atomic E-state index is 12.9. The average molecular weight is 679 g/mol. The van der Waals surface area contributed by atoms with Gasteiger partial charge in [0.05, 0.1) is 19.2 Å². The Morgan fingerprint density at radius 1 is 0.667 bits per heavy atom. The van der Waals surface area contributed by atoms with Gasteiger partial charge in [-0.1, -0.05) is 124 Å². The molecule has 0 heterocycles. The summed E-state index contributed by atoms with van der Waals surface area (Å²) in [6.45, 7) is 8.39. The fourth-order valence-corrected chi connectivity index (χ4v) is 7.90. The van der Waals surface area contributed by atoms with Crippen LogP contribution in [0.2, 0.25) is 0 Å². The second-order valence-electron chi connectivity index (χ2n) is 14.0. The second-order valence-corrected chi connectivity index (χ2v) is 14.4. The number of nitrogens with one attached hydrogen (secondary N) is 2. The quantitative estimate of drug-likeness (QED) is 0.155. The summed E-state index contributed by atoms with van der Waals surface area (Å²) in [5, 5.41) is 6.34. The van der Waals surface area contributed by atoms with Crippen LogP contribution < -0.4 is 10.6 Å². The van der Waals surface area contributed by atoms with Gasteiger partial charge in [-0.05, 0) is 63.5 Å². The minimum atomic E-state index is -0.625. The van der Waals surface area contributed by atoms with Crippen LogP contribution in [0.4, 0.5) is 0 Å². The van der Waals surface area contributed by atoms with Crippen LogP contribution in [0.5, 0.6) is 0 Å². The SMILES string of the molecule is CCCC1(C(=O)NC(Cc2ccc(C)cc2)C(=O)OC)CCCC1.CCCC1(C(=S)NC(Cc2ccc(C)cc2)C(=O)OC)CCCC1. The maximum absolute atomic E-state index is 12.9. The van der Waals surface area contributed by atoms with Crippen LogP contribution in [0, 0.1) is 24.7 Å². The summed E-state index contributed by atoms with van der Waals surface area (Å²) in [7, 11) is 2.81. The number of methoxy groups -OCH3 is 2. The molecule has 2 aromatic rings. The Labute approximate surface area is 294 Å². The lowest BCUT2D eigenvalue weighted by Crippen LogP contribution is -2.49. The highest BCUT2D eigenvalue weighted by molar-refractivity contribution is 7.80. The van der Waals surface area contributed by atoms with Crippen molar-refractivity contribution in [1.29, 1.82) is 0 Å². The van der Waals surface area contributed by atoms with Gasteiger partial charge in [-0.15, -0.1) is 0 Å². The minimum absolute atomic E-state index is 0.0179. The highest BCUT2D eigenvalue weighted by Gasteiger charge is 2.42. The molecule has 2 unspecified atom stereocenters. The van der Waals surface area contributed by atoms with E-state index in [9.17, 15) is 14.4 Å². The lowest BCUT2D eigenvalue weighted by molar-refractivity contribution is -0.146. The summed E-state index contributed by atoms with van der Waals surface area (Å²) in [5.41, 5.74) is 4.29. The van der Waals surface area contributed by atoms with Gasteiger partial charge in [-0.2, -0.15) is 0 Å². The normalized spacial score (nSPS) is 17.3. The molecule has 2 saturated carbocycles. The molecule has 2 N–H and O–H groups in total. The largest absolute Gasteiger partial charge is 0.467 e. The molecule has 1 amide bonds. The third-order valence-corrected chi connectivity index (χ3v) is 10.8. The zero-order valence-electron chi connectivity index (χ0n) is 30.1. The van der Waals surface area contributed by atoms with Crippen molar-refractivity contribution in [2.45, 2.75) is 130 Å². The molecule has 48 heavy (non-hydrogen) atoms. The van der Waals surface area contributed by atoms with Crippen molar-refractivity contribution in [3.63, 3.8) is 0 Å². The van der Waals surface area contributed by atoms with E-state index in [0.717, 1.165) is 80.3 Å². The van der Waals surface area contributed by atoms with Crippen molar-refractivity contribution in [2.24, 2.45) is 10.8 Å². The molecule has 2 aliphatic rings. The molecule has 2 fully saturated rings. The molecule has 4 rings (SSSR count). The molecule has 0 spiro atoms. The van der Waals surface area contributed by atoms with Crippen molar-refractivity contribution in [1.82, 2.24) is 10.6 Å². The van der Waals surface area contributed by atoms with Crippen LogP contribution in [0.1, 0.15) is 113 Å². The number of benzene rings is 2. The number of amides is 1. The third-order valence-electron chi connectivity index (χ3n) is 10.2. The minimum Gasteiger partial charge on any atom is -0.467 e. The van der Waals surface area contributed by atoms with Crippen LogP contribution >= 0.6 is 12.2 Å². The number of thiocarbonyl (C=S) groups is 1. The Bertz CT molecular complexity index is 1220. The van der Waals surface area contributed by atoms with Crippen LogP contribution in [0.15, 0.2) is 48.5 Å². The van der Waals surface area contributed by atoms with Crippen molar-refractivity contribution in [3.8, 4) is 0 Å². The zero-order valence-corrected chi connectivity index (χ0v) is 30.9. The van der Waals surface area contributed by atoms with Crippen LogP contribution in [-0.2, 0) is 36.7 Å². The van der Waals surface area contributed by atoms with Gasteiger partial charge in [0.15, 0.2) is 0 Å². The highest BCUT2D eigenvalue weighted by Crippen LogP contribution is 2.43. The maximum Gasteiger partial charge on any atom is 0.328 e. The molecule has 0 saturated heterocycles. The van der Waals surface area contributed by atoms with Gasteiger partial charge in [-0.25, -0.2) is 9.59 Å². The van der Waals surface area contributed by atoms with Crippen molar-refractivity contribution in [3.05, 3.63) is 70.8 Å². The summed E-state index contributed by atoms with van der Waals surface area (Å²) < 4.78 is 9.91. The lowest BCUT2D eigenvalue weighted by atomic mass is 9.80. The number of esters is 2. The van der Waals surface area contributed by atoms with Gasteiger partial charge < -0.3 is 20.1 Å². The monoisotopic (exact) mass is 678 g/mol. The number of ether oxygens (including phenoxy) is 2. The van der Waals surface area contributed by atoms with E-state index >= 15 is 0 Å². The second kappa shape index (κ2) is 19.1. The first-order chi connectivity index (χ1) is 23.0. The predicted octanol–water partition coefficient (Wildman–Crippen LogP) is 7.91.